The largest absolute Gasteiger partial charge is 0.380 e. The van der Waals surface area contributed by atoms with Gasteiger partial charge in [0, 0.05) is 18.7 Å². The minimum atomic E-state index is 0.483. The van der Waals surface area contributed by atoms with E-state index in [-0.39, 0.29) is 0 Å². The summed E-state index contributed by atoms with van der Waals surface area (Å²) in [5.41, 5.74) is 0.483. The monoisotopic (exact) mass is 171 g/mol. The average Bonchev–Trinajstić information content (AvgIpc) is 2.02. The van der Waals surface area contributed by atoms with Crippen LogP contribution in [0, 0.1) is 0 Å². The van der Waals surface area contributed by atoms with Gasteiger partial charge in [0.15, 0.2) is 0 Å². The van der Waals surface area contributed by atoms with Gasteiger partial charge in [0.2, 0.25) is 0 Å². The van der Waals surface area contributed by atoms with Crippen LogP contribution in [0.3, 0.4) is 0 Å². The number of hydrogen-bond acceptors (Lipinski definition) is 2. The van der Waals surface area contributed by atoms with Crippen LogP contribution in [0.1, 0.15) is 39.5 Å². The van der Waals surface area contributed by atoms with Crippen molar-refractivity contribution in [3.05, 3.63) is 0 Å². The molecule has 1 aliphatic rings. The topological polar surface area (TPSA) is 21.3 Å². The molecular formula is C10H21NO. The summed E-state index contributed by atoms with van der Waals surface area (Å²) in [6, 6.07) is 0. The van der Waals surface area contributed by atoms with Gasteiger partial charge in [-0.3, -0.25) is 0 Å². The second kappa shape index (κ2) is 4.83. The summed E-state index contributed by atoms with van der Waals surface area (Å²) in [6.07, 6.45) is 5.37. The fourth-order valence-electron chi connectivity index (χ4n) is 1.79. The number of nitrogens with one attached hydrogen (secondary N) is 1. The van der Waals surface area contributed by atoms with Crippen LogP contribution in [0.15, 0.2) is 0 Å². The Morgan fingerprint density at radius 1 is 1.33 bits per heavy atom. The normalized spacial score (nSPS) is 20.5. The van der Waals surface area contributed by atoms with Crippen LogP contribution in [0.25, 0.3) is 0 Å². The van der Waals surface area contributed by atoms with Crippen molar-refractivity contribution in [3.8, 4) is 0 Å². The Kier molecular flexibility index (Phi) is 4.02. The summed E-state index contributed by atoms with van der Waals surface area (Å²) >= 11 is 0. The lowest BCUT2D eigenvalue weighted by Crippen LogP contribution is -2.51. The zero-order valence-electron chi connectivity index (χ0n) is 8.36. The van der Waals surface area contributed by atoms with Crippen molar-refractivity contribution in [1.29, 1.82) is 0 Å². The van der Waals surface area contributed by atoms with Gasteiger partial charge in [-0.1, -0.05) is 6.92 Å². The van der Waals surface area contributed by atoms with Gasteiger partial charge in [0.25, 0.3) is 0 Å². The predicted octanol–water partition coefficient (Wildman–Crippen LogP) is 1.95. The molecule has 0 aromatic carbocycles. The second-order valence-corrected chi connectivity index (χ2v) is 3.61. The van der Waals surface area contributed by atoms with Gasteiger partial charge in [-0.25, -0.2) is 0 Å². The van der Waals surface area contributed by atoms with E-state index in [0.29, 0.717) is 5.54 Å². The molecule has 0 heterocycles. The number of hydrogen-bond donors (Lipinski definition) is 1. The quantitative estimate of drug-likeness (QED) is 0.617. The average molecular weight is 171 g/mol. The van der Waals surface area contributed by atoms with Crippen molar-refractivity contribution in [2.75, 3.05) is 19.8 Å². The fraction of sp³-hybridized carbons (Fsp3) is 1.00. The van der Waals surface area contributed by atoms with Crippen molar-refractivity contribution in [2.45, 2.75) is 45.1 Å². The van der Waals surface area contributed by atoms with Crippen molar-refractivity contribution >= 4 is 0 Å². The SMILES string of the molecule is CCOCCNC1(CC)CCC1. The van der Waals surface area contributed by atoms with Crippen LogP contribution in [0.4, 0.5) is 0 Å². The first-order valence-electron chi connectivity index (χ1n) is 5.16. The predicted molar refractivity (Wildman–Crippen MR) is 51.4 cm³/mol. The van der Waals surface area contributed by atoms with E-state index in [9.17, 15) is 0 Å². The summed E-state index contributed by atoms with van der Waals surface area (Å²) in [7, 11) is 0. The Balaban J connectivity index is 2.04. The highest BCUT2D eigenvalue weighted by molar-refractivity contribution is 4.94. The van der Waals surface area contributed by atoms with E-state index >= 15 is 0 Å². The molecule has 1 aliphatic carbocycles. The van der Waals surface area contributed by atoms with Gasteiger partial charge in [0.05, 0.1) is 6.61 Å². The molecule has 0 unspecified atom stereocenters. The second-order valence-electron chi connectivity index (χ2n) is 3.61. The van der Waals surface area contributed by atoms with Gasteiger partial charge in [-0.05, 0) is 32.6 Å². The molecule has 0 amide bonds. The molecule has 0 saturated heterocycles. The van der Waals surface area contributed by atoms with Crippen molar-refractivity contribution < 1.29 is 4.74 Å². The molecule has 72 valence electrons. The Hall–Kier alpha value is -0.0800. The molecule has 1 fully saturated rings. The summed E-state index contributed by atoms with van der Waals surface area (Å²) in [6.45, 7) is 7.02. The zero-order valence-corrected chi connectivity index (χ0v) is 8.36. The van der Waals surface area contributed by atoms with Crippen molar-refractivity contribution in [3.63, 3.8) is 0 Å². The first-order valence-corrected chi connectivity index (χ1v) is 5.16. The van der Waals surface area contributed by atoms with E-state index in [1.165, 1.54) is 25.7 Å². The molecule has 1 rings (SSSR count). The van der Waals surface area contributed by atoms with Crippen LogP contribution in [-0.2, 0) is 4.74 Å². The lowest BCUT2D eigenvalue weighted by Gasteiger charge is -2.42. The van der Waals surface area contributed by atoms with Gasteiger partial charge < -0.3 is 10.1 Å². The first kappa shape index (κ1) is 10.0. The maximum Gasteiger partial charge on any atom is 0.0590 e. The maximum atomic E-state index is 5.28. The summed E-state index contributed by atoms with van der Waals surface area (Å²) in [5.74, 6) is 0. The van der Waals surface area contributed by atoms with E-state index in [1.54, 1.807) is 0 Å². The standard InChI is InChI=1S/C10H21NO/c1-3-10(6-5-7-10)11-8-9-12-4-2/h11H,3-9H2,1-2H3. The Labute approximate surface area is 75.7 Å². The van der Waals surface area contributed by atoms with Crippen LogP contribution >= 0.6 is 0 Å². The molecular weight excluding hydrogens is 150 g/mol. The molecule has 1 N–H and O–H groups in total. The van der Waals surface area contributed by atoms with Crippen molar-refractivity contribution in [1.82, 2.24) is 5.32 Å². The highest BCUT2D eigenvalue weighted by atomic mass is 16.5. The summed E-state index contributed by atoms with van der Waals surface area (Å²) in [5, 5.41) is 3.59. The molecule has 0 aliphatic heterocycles. The highest BCUT2D eigenvalue weighted by Gasteiger charge is 2.33. The summed E-state index contributed by atoms with van der Waals surface area (Å²) < 4.78 is 5.28. The maximum absolute atomic E-state index is 5.28. The van der Waals surface area contributed by atoms with Gasteiger partial charge in [-0.15, -0.1) is 0 Å². The third-order valence-electron chi connectivity index (χ3n) is 2.94. The molecule has 0 aromatic heterocycles. The third kappa shape index (κ3) is 2.46. The van der Waals surface area contributed by atoms with E-state index in [0.717, 1.165) is 19.8 Å². The van der Waals surface area contributed by atoms with Gasteiger partial charge in [-0.2, -0.15) is 0 Å². The number of rotatable bonds is 6. The minimum absolute atomic E-state index is 0.483. The molecule has 0 atom stereocenters. The molecule has 0 radical (unpaired) electrons. The lowest BCUT2D eigenvalue weighted by molar-refractivity contribution is 0.118. The summed E-state index contributed by atoms with van der Waals surface area (Å²) in [4.78, 5) is 0. The van der Waals surface area contributed by atoms with Gasteiger partial charge in [0.1, 0.15) is 0 Å². The molecule has 0 bridgehead atoms. The van der Waals surface area contributed by atoms with Crippen LogP contribution in [0.5, 0.6) is 0 Å². The van der Waals surface area contributed by atoms with E-state index in [1.807, 2.05) is 6.92 Å². The molecule has 0 aromatic rings. The Morgan fingerprint density at radius 2 is 2.08 bits per heavy atom. The number of ether oxygens (including phenoxy) is 1. The highest BCUT2D eigenvalue weighted by Crippen LogP contribution is 2.34. The Morgan fingerprint density at radius 3 is 2.50 bits per heavy atom. The molecule has 0 spiro atoms. The van der Waals surface area contributed by atoms with Crippen molar-refractivity contribution in [2.24, 2.45) is 0 Å². The van der Waals surface area contributed by atoms with Crippen LogP contribution in [-0.4, -0.2) is 25.3 Å². The molecule has 1 saturated carbocycles. The third-order valence-corrected chi connectivity index (χ3v) is 2.94. The van der Waals surface area contributed by atoms with Gasteiger partial charge >= 0.3 is 0 Å². The zero-order chi connectivity index (χ0) is 8.86. The van der Waals surface area contributed by atoms with E-state index < -0.39 is 0 Å². The fourth-order valence-corrected chi connectivity index (χ4v) is 1.79. The molecule has 2 heteroatoms. The van der Waals surface area contributed by atoms with Crippen LogP contribution < -0.4 is 5.32 Å². The Bertz CT molecular complexity index is 115. The molecule has 12 heavy (non-hydrogen) atoms. The lowest BCUT2D eigenvalue weighted by atomic mass is 9.75. The van der Waals surface area contributed by atoms with Crippen LogP contribution in [0.2, 0.25) is 0 Å². The molecule has 2 nitrogen and oxygen atoms in total. The van der Waals surface area contributed by atoms with E-state index in [4.69, 9.17) is 4.74 Å². The van der Waals surface area contributed by atoms with E-state index in [2.05, 4.69) is 12.2 Å². The first-order chi connectivity index (χ1) is 5.83. The smallest absolute Gasteiger partial charge is 0.0590 e. The minimum Gasteiger partial charge on any atom is -0.380 e.